The van der Waals surface area contributed by atoms with Gasteiger partial charge in [-0.2, -0.15) is 0 Å². The molecule has 0 saturated heterocycles. The number of carbonyl (C=O) groups is 2. The minimum Gasteiger partial charge on any atom is -0.508 e. The van der Waals surface area contributed by atoms with Crippen LogP contribution in [0.2, 0.25) is 0 Å². The molecule has 0 unspecified atom stereocenters. The molecular formula is C30H42O6. The van der Waals surface area contributed by atoms with Crippen molar-refractivity contribution in [3.63, 3.8) is 0 Å². The van der Waals surface area contributed by atoms with Crippen LogP contribution in [0, 0.1) is 13.8 Å². The predicted octanol–water partition coefficient (Wildman–Crippen LogP) is 7.41. The molecule has 0 amide bonds. The molecule has 2 aromatic rings. The van der Waals surface area contributed by atoms with Crippen LogP contribution in [0.25, 0.3) is 0 Å². The van der Waals surface area contributed by atoms with Crippen LogP contribution >= 0.6 is 0 Å². The normalized spacial score (nSPS) is 10.8. The Balaban J connectivity index is 1.35. The lowest BCUT2D eigenvalue weighted by molar-refractivity contribution is 0.0487. The highest BCUT2D eigenvalue weighted by molar-refractivity contribution is 5.91. The first kappa shape index (κ1) is 29.2. The highest BCUT2D eigenvalue weighted by atomic mass is 16.5. The number of esters is 2. The van der Waals surface area contributed by atoms with E-state index in [1.165, 1.54) is 50.7 Å². The van der Waals surface area contributed by atoms with Crippen LogP contribution in [-0.2, 0) is 9.47 Å². The largest absolute Gasteiger partial charge is 0.508 e. The third-order valence-electron chi connectivity index (χ3n) is 6.36. The number of phenolic OH excluding ortho intramolecular Hbond substituents is 2. The summed E-state index contributed by atoms with van der Waals surface area (Å²) in [6, 6.07) is 9.35. The summed E-state index contributed by atoms with van der Waals surface area (Å²) in [4.78, 5) is 24.2. The van der Waals surface area contributed by atoms with Gasteiger partial charge in [-0.05, 0) is 74.2 Å². The van der Waals surface area contributed by atoms with Gasteiger partial charge in [-0.25, -0.2) is 9.59 Å². The van der Waals surface area contributed by atoms with E-state index >= 15 is 0 Å². The van der Waals surface area contributed by atoms with E-state index in [2.05, 4.69) is 0 Å². The monoisotopic (exact) mass is 498 g/mol. The number of rotatable bonds is 17. The van der Waals surface area contributed by atoms with E-state index in [0.717, 1.165) is 49.7 Å². The first-order valence-electron chi connectivity index (χ1n) is 13.3. The minimum absolute atomic E-state index is 0.155. The predicted molar refractivity (Wildman–Crippen MR) is 142 cm³/mol. The van der Waals surface area contributed by atoms with Crippen LogP contribution in [0.4, 0.5) is 0 Å². The van der Waals surface area contributed by atoms with Crippen LogP contribution in [0.1, 0.15) is 109 Å². The lowest BCUT2D eigenvalue weighted by atomic mass is 10.1. The standard InChI is InChI=1S/C30H42O6/c1-23-21-25(31)15-17-27(23)29(33)35-19-13-11-9-7-5-3-4-6-8-10-12-14-20-36-30(34)28-18-16-26(32)22-24(28)2/h15-18,21-22,31-32H,3-14,19-20H2,1-2H3. The van der Waals surface area contributed by atoms with Crippen LogP contribution in [-0.4, -0.2) is 35.4 Å². The van der Waals surface area contributed by atoms with Crippen molar-refractivity contribution < 1.29 is 29.3 Å². The van der Waals surface area contributed by atoms with Gasteiger partial charge in [0.05, 0.1) is 24.3 Å². The third-order valence-corrected chi connectivity index (χ3v) is 6.36. The molecule has 2 N–H and O–H groups in total. The fourth-order valence-electron chi connectivity index (χ4n) is 4.21. The van der Waals surface area contributed by atoms with Gasteiger partial charge >= 0.3 is 11.9 Å². The van der Waals surface area contributed by atoms with Gasteiger partial charge in [-0.1, -0.05) is 64.2 Å². The molecule has 0 aliphatic rings. The van der Waals surface area contributed by atoms with Gasteiger partial charge in [0.1, 0.15) is 11.5 Å². The number of benzene rings is 2. The maximum Gasteiger partial charge on any atom is 0.338 e. The van der Waals surface area contributed by atoms with E-state index in [1.807, 2.05) is 0 Å². The Morgan fingerprint density at radius 2 is 0.861 bits per heavy atom. The van der Waals surface area contributed by atoms with Crippen molar-refractivity contribution in [3.05, 3.63) is 58.7 Å². The molecule has 36 heavy (non-hydrogen) atoms. The van der Waals surface area contributed by atoms with Gasteiger partial charge in [0.15, 0.2) is 0 Å². The number of ether oxygens (including phenoxy) is 2. The summed E-state index contributed by atoms with van der Waals surface area (Å²) in [5, 5.41) is 18.8. The Bertz CT molecular complexity index is 875. The molecule has 6 nitrogen and oxygen atoms in total. The lowest BCUT2D eigenvalue weighted by Gasteiger charge is -2.08. The van der Waals surface area contributed by atoms with Crippen molar-refractivity contribution in [1.82, 2.24) is 0 Å². The molecule has 0 spiro atoms. The Hall–Kier alpha value is -3.02. The molecule has 0 fully saturated rings. The summed E-state index contributed by atoms with van der Waals surface area (Å²) in [5.41, 5.74) is 2.47. The Morgan fingerprint density at radius 3 is 1.17 bits per heavy atom. The minimum atomic E-state index is -0.322. The van der Waals surface area contributed by atoms with Gasteiger partial charge in [0.2, 0.25) is 0 Å². The maximum absolute atomic E-state index is 12.1. The van der Waals surface area contributed by atoms with E-state index in [4.69, 9.17) is 9.47 Å². The average molecular weight is 499 g/mol. The SMILES string of the molecule is Cc1cc(O)ccc1C(=O)OCCCCCCCCCCCCCCOC(=O)c1ccc(O)cc1C. The van der Waals surface area contributed by atoms with Crippen LogP contribution in [0.15, 0.2) is 36.4 Å². The molecule has 2 aromatic carbocycles. The van der Waals surface area contributed by atoms with Crippen molar-refractivity contribution in [2.24, 2.45) is 0 Å². The zero-order valence-electron chi connectivity index (χ0n) is 21.9. The molecule has 2 rings (SSSR count). The van der Waals surface area contributed by atoms with Gasteiger partial charge < -0.3 is 19.7 Å². The van der Waals surface area contributed by atoms with Gasteiger partial charge in [0.25, 0.3) is 0 Å². The smallest absolute Gasteiger partial charge is 0.338 e. The summed E-state index contributed by atoms with van der Waals surface area (Å²) in [6.07, 6.45) is 13.7. The van der Waals surface area contributed by atoms with Gasteiger partial charge in [-0.3, -0.25) is 0 Å². The number of aromatic hydroxyl groups is 2. The quantitative estimate of drug-likeness (QED) is 0.174. The molecule has 0 aromatic heterocycles. The zero-order chi connectivity index (χ0) is 26.2. The van der Waals surface area contributed by atoms with Crippen molar-refractivity contribution in [1.29, 1.82) is 0 Å². The van der Waals surface area contributed by atoms with E-state index in [0.29, 0.717) is 24.3 Å². The average Bonchev–Trinajstić information content (AvgIpc) is 2.83. The Kier molecular flexibility index (Phi) is 13.5. The number of aryl methyl sites for hydroxylation is 2. The van der Waals surface area contributed by atoms with Crippen LogP contribution in [0.3, 0.4) is 0 Å². The number of unbranched alkanes of at least 4 members (excludes halogenated alkanes) is 11. The molecule has 0 atom stereocenters. The Labute approximate surface area is 215 Å². The summed E-state index contributed by atoms with van der Waals surface area (Å²) >= 11 is 0. The third kappa shape index (κ3) is 11.1. The fourth-order valence-corrected chi connectivity index (χ4v) is 4.21. The van der Waals surface area contributed by atoms with E-state index in [1.54, 1.807) is 38.1 Å². The van der Waals surface area contributed by atoms with Gasteiger partial charge in [0, 0.05) is 0 Å². The maximum atomic E-state index is 12.1. The second kappa shape index (κ2) is 16.6. The molecule has 0 aliphatic carbocycles. The van der Waals surface area contributed by atoms with Crippen molar-refractivity contribution in [2.75, 3.05) is 13.2 Å². The molecular weight excluding hydrogens is 456 g/mol. The summed E-state index contributed by atoms with van der Waals surface area (Å²) in [6.45, 7) is 4.46. The van der Waals surface area contributed by atoms with Crippen molar-refractivity contribution >= 4 is 11.9 Å². The van der Waals surface area contributed by atoms with Gasteiger partial charge in [-0.15, -0.1) is 0 Å². The fraction of sp³-hybridized carbons (Fsp3) is 0.533. The molecule has 0 bridgehead atoms. The first-order valence-corrected chi connectivity index (χ1v) is 13.3. The van der Waals surface area contributed by atoms with Crippen LogP contribution < -0.4 is 0 Å². The second-order valence-corrected chi connectivity index (χ2v) is 9.51. The lowest BCUT2D eigenvalue weighted by Crippen LogP contribution is -2.08. The Morgan fingerprint density at radius 1 is 0.556 bits per heavy atom. The van der Waals surface area contributed by atoms with Crippen molar-refractivity contribution in [2.45, 2.75) is 90.9 Å². The highest BCUT2D eigenvalue weighted by Crippen LogP contribution is 2.18. The highest BCUT2D eigenvalue weighted by Gasteiger charge is 2.11. The molecule has 0 radical (unpaired) electrons. The number of hydrogen-bond donors (Lipinski definition) is 2. The number of hydrogen-bond acceptors (Lipinski definition) is 6. The van der Waals surface area contributed by atoms with E-state index < -0.39 is 0 Å². The van der Waals surface area contributed by atoms with Crippen LogP contribution in [0.5, 0.6) is 11.5 Å². The number of phenols is 2. The summed E-state index contributed by atoms with van der Waals surface area (Å²) < 4.78 is 10.7. The number of carbonyl (C=O) groups excluding carboxylic acids is 2. The summed E-state index contributed by atoms with van der Waals surface area (Å²) in [7, 11) is 0. The zero-order valence-corrected chi connectivity index (χ0v) is 21.9. The summed E-state index contributed by atoms with van der Waals surface area (Å²) in [5.74, 6) is -0.334. The topological polar surface area (TPSA) is 93.1 Å². The molecule has 0 saturated carbocycles. The van der Waals surface area contributed by atoms with E-state index in [-0.39, 0.29) is 23.4 Å². The first-order chi connectivity index (χ1) is 17.4. The van der Waals surface area contributed by atoms with E-state index in [9.17, 15) is 19.8 Å². The second-order valence-electron chi connectivity index (χ2n) is 9.51. The van der Waals surface area contributed by atoms with Crippen molar-refractivity contribution in [3.8, 4) is 11.5 Å². The molecule has 198 valence electrons. The molecule has 6 heteroatoms. The molecule has 0 heterocycles. The molecule has 0 aliphatic heterocycles.